The molecular weight excluding hydrogens is 320 g/mol. The molecule has 8 heteroatoms. The number of piperazine rings is 1. The van der Waals surface area contributed by atoms with Gasteiger partial charge >= 0.3 is 11.7 Å². The highest BCUT2D eigenvalue weighted by atomic mass is 16.2. The Balaban J connectivity index is 1.36. The van der Waals surface area contributed by atoms with Gasteiger partial charge in [-0.25, -0.2) is 9.59 Å². The van der Waals surface area contributed by atoms with Crippen molar-refractivity contribution in [1.29, 1.82) is 0 Å². The average Bonchev–Trinajstić information content (AvgIpc) is 2.98. The molecular formula is C17H24N6O2. The van der Waals surface area contributed by atoms with Gasteiger partial charge in [-0.05, 0) is 31.4 Å². The normalized spacial score (nSPS) is 19.5. The minimum atomic E-state index is -0.123. The minimum Gasteiger partial charge on any atom is -0.325 e. The number of aromatic nitrogens is 3. The third-order valence-electron chi connectivity index (χ3n) is 5.09. The summed E-state index contributed by atoms with van der Waals surface area (Å²) < 4.78 is 3.05. The van der Waals surface area contributed by atoms with Gasteiger partial charge in [0.2, 0.25) is 0 Å². The highest BCUT2D eigenvalue weighted by molar-refractivity contribution is 5.74. The fourth-order valence-corrected chi connectivity index (χ4v) is 3.62. The first-order valence-electron chi connectivity index (χ1n) is 9.03. The van der Waals surface area contributed by atoms with Crippen LogP contribution in [0.25, 0.3) is 5.65 Å². The lowest BCUT2D eigenvalue weighted by Gasteiger charge is -2.38. The maximum atomic E-state index is 12.6. The molecule has 4 heterocycles. The van der Waals surface area contributed by atoms with Crippen LogP contribution in [0.4, 0.5) is 4.79 Å². The van der Waals surface area contributed by atoms with Crippen LogP contribution in [0.2, 0.25) is 0 Å². The van der Waals surface area contributed by atoms with E-state index in [4.69, 9.17) is 0 Å². The van der Waals surface area contributed by atoms with E-state index in [1.165, 1.54) is 11.1 Å². The number of nitrogens with zero attached hydrogens (tertiary/aromatic N) is 6. The fraction of sp³-hybridized carbons (Fsp3) is 0.588. The second kappa shape index (κ2) is 6.87. The van der Waals surface area contributed by atoms with E-state index in [1.54, 1.807) is 10.6 Å². The molecule has 2 aliphatic rings. The molecule has 0 radical (unpaired) electrons. The molecule has 134 valence electrons. The number of piperidine rings is 1. The number of fused-ring (bicyclic) bond motifs is 1. The van der Waals surface area contributed by atoms with Crippen LogP contribution in [0.5, 0.6) is 0 Å². The number of likely N-dealkylation sites (tertiary alicyclic amines) is 1. The van der Waals surface area contributed by atoms with Crippen molar-refractivity contribution in [3.05, 3.63) is 34.9 Å². The second-order valence-electron chi connectivity index (χ2n) is 6.79. The van der Waals surface area contributed by atoms with Gasteiger partial charge in [0.05, 0.1) is 6.67 Å². The van der Waals surface area contributed by atoms with Gasteiger partial charge in [0.1, 0.15) is 0 Å². The molecule has 8 nitrogen and oxygen atoms in total. The summed E-state index contributed by atoms with van der Waals surface area (Å²) in [5.74, 6) is 0. The molecule has 0 spiro atoms. The van der Waals surface area contributed by atoms with Crippen molar-refractivity contribution in [2.24, 2.45) is 0 Å². The molecule has 0 saturated carbocycles. The van der Waals surface area contributed by atoms with E-state index in [2.05, 4.69) is 10.00 Å². The Morgan fingerprint density at radius 2 is 1.68 bits per heavy atom. The maximum Gasteiger partial charge on any atom is 0.351 e. The highest BCUT2D eigenvalue weighted by Crippen LogP contribution is 2.13. The number of amides is 2. The Kier molecular flexibility index (Phi) is 4.44. The summed E-state index contributed by atoms with van der Waals surface area (Å²) in [4.78, 5) is 31.0. The Morgan fingerprint density at radius 3 is 2.40 bits per heavy atom. The second-order valence-corrected chi connectivity index (χ2v) is 6.79. The van der Waals surface area contributed by atoms with Crippen molar-refractivity contribution in [2.75, 3.05) is 39.3 Å². The zero-order valence-corrected chi connectivity index (χ0v) is 14.4. The molecule has 0 bridgehead atoms. The summed E-state index contributed by atoms with van der Waals surface area (Å²) in [6, 6.07) is 5.69. The van der Waals surface area contributed by atoms with Crippen molar-refractivity contribution in [3.8, 4) is 0 Å². The molecule has 25 heavy (non-hydrogen) atoms. The van der Waals surface area contributed by atoms with Crippen molar-refractivity contribution in [2.45, 2.75) is 25.9 Å². The summed E-state index contributed by atoms with van der Waals surface area (Å²) in [5.41, 5.74) is 0.536. The number of urea groups is 1. The first-order chi connectivity index (χ1) is 12.2. The summed E-state index contributed by atoms with van der Waals surface area (Å²) in [5, 5.41) is 4.37. The number of hydrogen-bond acceptors (Lipinski definition) is 4. The predicted molar refractivity (Wildman–Crippen MR) is 93.4 cm³/mol. The first kappa shape index (κ1) is 16.1. The molecule has 2 fully saturated rings. The van der Waals surface area contributed by atoms with Crippen molar-refractivity contribution in [3.63, 3.8) is 0 Å². The van der Waals surface area contributed by atoms with Gasteiger partial charge in [-0.2, -0.15) is 4.68 Å². The third kappa shape index (κ3) is 3.26. The van der Waals surface area contributed by atoms with Crippen LogP contribution in [0.15, 0.2) is 29.2 Å². The van der Waals surface area contributed by atoms with Gasteiger partial charge in [-0.1, -0.05) is 6.07 Å². The van der Waals surface area contributed by atoms with E-state index < -0.39 is 0 Å². The third-order valence-corrected chi connectivity index (χ3v) is 5.09. The number of carbonyl (C=O) groups excluding carboxylic acids is 1. The van der Waals surface area contributed by atoms with Gasteiger partial charge in [-0.15, -0.1) is 5.10 Å². The number of pyridine rings is 1. The Bertz CT molecular complexity index is 799. The zero-order valence-electron chi connectivity index (χ0n) is 14.4. The molecule has 2 aromatic heterocycles. The lowest BCUT2D eigenvalue weighted by atomic mass is 10.1. The summed E-state index contributed by atoms with van der Waals surface area (Å²) in [6.07, 6.45) is 5.19. The quantitative estimate of drug-likeness (QED) is 0.803. The molecule has 4 rings (SSSR count). The van der Waals surface area contributed by atoms with E-state index in [0.29, 0.717) is 25.4 Å². The van der Waals surface area contributed by atoms with E-state index in [9.17, 15) is 9.59 Å². The highest BCUT2D eigenvalue weighted by Gasteiger charge is 2.26. The first-order valence-corrected chi connectivity index (χ1v) is 9.03. The van der Waals surface area contributed by atoms with Crippen LogP contribution in [-0.2, 0) is 6.67 Å². The topological polar surface area (TPSA) is 66.1 Å². The molecule has 2 aliphatic heterocycles. The fourth-order valence-electron chi connectivity index (χ4n) is 3.62. The van der Waals surface area contributed by atoms with Gasteiger partial charge in [0.25, 0.3) is 0 Å². The van der Waals surface area contributed by atoms with Gasteiger partial charge in [0.15, 0.2) is 5.65 Å². The number of rotatable bonds is 2. The average molecular weight is 344 g/mol. The molecule has 2 aromatic rings. The van der Waals surface area contributed by atoms with Crippen molar-refractivity contribution < 1.29 is 4.79 Å². The molecule has 2 amide bonds. The van der Waals surface area contributed by atoms with Crippen molar-refractivity contribution >= 4 is 11.7 Å². The van der Waals surface area contributed by atoms with Gasteiger partial charge in [0, 0.05) is 45.5 Å². The molecule has 0 aromatic carbocycles. The van der Waals surface area contributed by atoms with Gasteiger partial charge < -0.3 is 9.80 Å². The Morgan fingerprint density at radius 1 is 0.960 bits per heavy atom. The lowest BCUT2D eigenvalue weighted by Crippen LogP contribution is -2.54. The minimum absolute atomic E-state index is 0.123. The predicted octanol–water partition coefficient (Wildman–Crippen LogP) is 0.677. The van der Waals surface area contributed by atoms with Crippen molar-refractivity contribution in [1.82, 2.24) is 28.9 Å². The van der Waals surface area contributed by atoms with E-state index in [1.807, 2.05) is 28.0 Å². The molecule has 0 aliphatic carbocycles. The summed E-state index contributed by atoms with van der Waals surface area (Å²) in [7, 11) is 0. The molecule has 0 unspecified atom stereocenters. The molecule has 0 atom stereocenters. The molecule has 0 N–H and O–H groups in total. The standard InChI is InChI=1S/C17H24N6O2/c24-16(20-7-3-1-4-8-20)21-12-10-19(11-13-21)14-23-17(25)22-9-5-2-6-15(22)18-23/h2,5-6,9H,1,3-4,7-8,10-14H2. The SMILES string of the molecule is O=C(N1CCCCC1)N1CCN(Cn2nc3ccccn3c2=O)CC1. The summed E-state index contributed by atoms with van der Waals surface area (Å²) in [6.45, 7) is 5.17. The largest absolute Gasteiger partial charge is 0.351 e. The number of carbonyl (C=O) groups is 1. The van der Waals surface area contributed by atoms with Crippen LogP contribution < -0.4 is 5.69 Å². The van der Waals surface area contributed by atoms with E-state index >= 15 is 0 Å². The molecule has 2 saturated heterocycles. The van der Waals surface area contributed by atoms with Crippen LogP contribution in [0.3, 0.4) is 0 Å². The Hall–Kier alpha value is -2.35. The lowest BCUT2D eigenvalue weighted by molar-refractivity contribution is 0.0911. The maximum absolute atomic E-state index is 12.6. The van der Waals surface area contributed by atoms with Crippen LogP contribution in [0.1, 0.15) is 19.3 Å². The van der Waals surface area contributed by atoms with Crippen LogP contribution in [-0.4, -0.2) is 74.2 Å². The van der Waals surface area contributed by atoms with Crippen LogP contribution in [0, 0.1) is 0 Å². The van der Waals surface area contributed by atoms with Crippen LogP contribution >= 0.6 is 0 Å². The summed E-state index contributed by atoms with van der Waals surface area (Å²) >= 11 is 0. The van der Waals surface area contributed by atoms with E-state index in [-0.39, 0.29) is 11.7 Å². The monoisotopic (exact) mass is 344 g/mol. The Labute approximate surface area is 146 Å². The zero-order chi connectivity index (χ0) is 17.2. The smallest absolute Gasteiger partial charge is 0.325 e. The number of hydrogen-bond donors (Lipinski definition) is 0. The van der Waals surface area contributed by atoms with Gasteiger partial charge in [-0.3, -0.25) is 9.30 Å². The van der Waals surface area contributed by atoms with E-state index in [0.717, 1.165) is 39.0 Å².